The van der Waals surface area contributed by atoms with Gasteiger partial charge in [0.1, 0.15) is 4.88 Å². The molecule has 0 saturated heterocycles. The van der Waals surface area contributed by atoms with Gasteiger partial charge in [-0.3, -0.25) is 9.59 Å². The average molecular weight is 298 g/mol. The lowest BCUT2D eigenvalue weighted by Crippen LogP contribution is -2.42. The summed E-state index contributed by atoms with van der Waals surface area (Å²) in [5.74, 6) is -0.831. The van der Waals surface area contributed by atoms with Crippen LogP contribution in [0, 0.1) is 5.41 Å². The molecule has 1 rings (SSSR count). The SMILES string of the molecule is CCC(CC)(CNC(=O)c1cnc(C(C)C)s1)C(=O)O. The van der Waals surface area contributed by atoms with E-state index in [1.807, 2.05) is 27.7 Å². The molecule has 0 aliphatic rings. The number of carbonyl (C=O) groups excluding carboxylic acids is 1. The number of hydrogen-bond acceptors (Lipinski definition) is 4. The van der Waals surface area contributed by atoms with E-state index in [1.54, 1.807) is 6.20 Å². The zero-order valence-corrected chi connectivity index (χ0v) is 13.2. The minimum atomic E-state index is -0.888. The molecule has 20 heavy (non-hydrogen) atoms. The monoisotopic (exact) mass is 298 g/mol. The minimum absolute atomic E-state index is 0.142. The van der Waals surface area contributed by atoms with Crippen LogP contribution >= 0.6 is 11.3 Å². The number of carboxylic acid groups (broad SMARTS) is 1. The second kappa shape index (κ2) is 6.83. The number of amides is 1. The van der Waals surface area contributed by atoms with Crippen molar-refractivity contribution < 1.29 is 14.7 Å². The van der Waals surface area contributed by atoms with Gasteiger partial charge < -0.3 is 10.4 Å². The maximum Gasteiger partial charge on any atom is 0.311 e. The van der Waals surface area contributed by atoms with Gasteiger partial charge in [-0.1, -0.05) is 27.7 Å². The van der Waals surface area contributed by atoms with Gasteiger partial charge in [-0.05, 0) is 12.8 Å². The summed E-state index contributed by atoms with van der Waals surface area (Å²) in [6, 6.07) is 0. The van der Waals surface area contributed by atoms with Crippen LogP contribution in [0.15, 0.2) is 6.20 Å². The number of thiazole rings is 1. The van der Waals surface area contributed by atoms with Gasteiger partial charge in [-0.2, -0.15) is 0 Å². The lowest BCUT2D eigenvalue weighted by atomic mass is 9.82. The molecule has 0 radical (unpaired) electrons. The first-order valence-corrected chi connectivity index (χ1v) is 7.65. The van der Waals surface area contributed by atoms with Crippen LogP contribution < -0.4 is 5.32 Å². The molecule has 0 atom stereocenters. The topological polar surface area (TPSA) is 79.3 Å². The highest BCUT2D eigenvalue weighted by Gasteiger charge is 2.35. The fraction of sp³-hybridized carbons (Fsp3) is 0.643. The van der Waals surface area contributed by atoms with Crippen LogP contribution in [0.4, 0.5) is 0 Å². The third-order valence-electron chi connectivity index (χ3n) is 3.64. The minimum Gasteiger partial charge on any atom is -0.481 e. The molecule has 0 aromatic carbocycles. The van der Waals surface area contributed by atoms with E-state index in [2.05, 4.69) is 10.3 Å². The molecule has 1 heterocycles. The molecule has 5 nitrogen and oxygen atoms in total. The van der Waals surface area contributed by atoms with E-state index in [0.29, 0.717) is 17.7 Å². The molecule has 1 aromatic heterocycles. The van der Waals surface area contributed by atoms with Gasteiger partial charge in [0.25, 0.3) is 5.91 Å². The van der Waals surface area contributed by atoms with E-state index in [-0.39, 0.29) is 18.4 Å². The number of nitrogens with zero attached hydrogens (tertiary/aromatic N) is 1. The second-order valence-electron chi connectivity index (χ2n) is 5.19. The Morgan fingerprint density at radius 2 is 2.00 bits per heavy atom. The first-order valence-electron chi connectivity index (χ1n) is 6.83. The van der Waals surface area contributed by atoms with Crippen molar-refractivity contribution in [1.82, 2.24) is 10.3 Å². The van der Waals surface area contributed by atoms with E-state index in [1.165, 1.54) is 11.3 Å². The molecule has 1 aromatic rings. The molecule has 0 aliphatic carbocycles. The number of hydrogen-bond donors (Lipinski definition) is 2. The molecular weight excluding hydrogens is 276 g/mol. The van der Waals surface area contributed by atoms with Crippen molar-refractivity contribution in [3.63, 3.8) is 0 Å². The van der Waals surface area contributed by atoms with Gasteiger partial charge in [0.05, 0.1) is 16.6 Å². The summed E-state index contributed by atoms with van der Waals surface area (Å²) >= 11 is 1.35. The van der Waals surface area contributed by atoms with Crippen molar-refractivity contribution in [1.29, 1.82) is 0 Å². The number of nitrogens with one attached hydrogen (secondary N) is 1. The predicted octanol–water partition coefficient (Wildman–Crippen LogP) is 2.89. The lowest BCUT2D eigenvalue weighted by molar-refractivity contribution is -0.149. The van der Waals surface area contributed by atoms with Gasteiger partial charge in [-0.15, -0.1) is 11.3 Å². The summed E-state index contributed by atoms with van der Waals surface area (Å²) in [6.45, 7) is 7.83. The van der Waals surface area contributed by atoms with Crippen molar-refractivity contribution in [2.24, 2.45) is 5.41 Å². The predicted molar refractivity (Wildman–Crippen MR) is 79.2 cm³/mol. The van der Waals surface area contributed by atoms with Crippen LogP contribution in [0.3, 0.4) is 0 Å². The van der Waals surface area contributed by atoms with E-state index in [9.17, 15) is 14.7 Å². The molecule has 0 bridgehead atoms. The van der Waals surface area contributed by atoms with Gasteiger partial charge in [0.2, 0.25) is 0 Å². The zero-order chi connectivity index (χ0) is 15.3. The summed E-state index contributed by atoms with van der Waals surface area (Å²) in [6.07, 6.45) is 2.52. The number of rotatable bonds is 7. The summed E-state index contributed by atoms with van der Waals surface area (Å²) in [5.41, 5.74) is -0.888. The van der Waals surface area contributed by atoms with Gasteiger partial charge in [-0.25, -0.2) is 4.98 Å². The molecule has 0 fully saturated rings. The molecule has 0 aliphatic heterocycles. The van der Waals surface area contributed by atoms with Crippen LogP contribution in [0.25, 0.3) is 0 Å². The standard InChI is InChI=1S/C14H22N2O3S/c1-5-14(6-2,13(18)19)8-16-11(17)10-7-15-12(20-10)9(3)4/h7,9H,5-6,8H2,1-4H3,(H,16,17)(H,18,19). The molecule has 112 valence electrons. The zero-order valence-electron chi connectivity index (χ0n) is 12.4. The van der Waals surface area contributed by atoms with E-state index in [0.717, 1.165) is 5.01 Å². The molecular formula is C14H22N2O3S. The van der Waals surface area contributed by atoms with Crippen LogP contribution in [0.1, 0.15) is 61.1 Å². The quantitative estimate of drug-likeness (QED) is 0.811. The second-order valence-corrected chi connectivity index (χ2v) is 6.25. The van der Waals surface area contributed by atoms with Gasteiger partial charge in [0.15, 0.2) is 0 Å². The van der Waals surface area contributed by atoms with Gasteiger partial charge in [0, 0.05) is 12.5 Å². The van der Waals surface area contributed by atoms with Crippen molar-refractivity contribution in [2.75, 3.05) is 6.54 Å². The fourth-order valence-corrected chi connectivity index (χ4v) is 2.71. The molecule has 0 saturated carbocycles. The lowest BCUT2D eigenvalue weighted by Gasteiger charge is -2.26. The largest absolute Gasteiger partial charge is 0.481 e. The molecule has 0 spiro atoms. The Morgan fingerprint density at radius 3 is 2.40 bits per heavy atom. The number of aliphatic carboxylic acids is 1. The van der Waals surface area contributed by atoms with E-state index >= 15 is 0 Å². The van der Waals surface area contributed by atoms with E-state index < -0.39 is 11.4 Å². The van der Waals surface area contributed by atoms with Crippen LogP contribution in [0.5, 0.6) is 0 Å². The van der Waals surface area contributed by atoms with E-state index in [4.69, 9.17) is 0 Å². The van der Waals surface area contributed by atoms with Gasteiger partial charge >= 0.3 is 5.97 Å². The highest BCUT2D eigenvalue weighted by Crippen LogP contribution is 2.26. The first kappa shape index (κ1) is 16.6. The Kier molecular flexibility index (Phi) is 5.68. The highest BCUT2D eigenvalue weighted by molar-refractivity contribution is 7.13. The molecule has 6 heteroatoms. The third kappa shape index (κ3) is 3.56. The van der Waals surface area contributed by atoms with Crippen molar-refractivity contribution in [3.8, 4) is 0 Å². The first-order chi connectivity index (χ1) is 9.36. The van der Waals surface area contributed by atoms with Crippen molar-refractivity contribution >= 4 is 23.2 Å². The summed E-state index contributed by atoms with van der Waals surface area (Å²) in [5, 5.41) is 13.0. The number of carboxylic acids is 1. The van der Waals surface area contributed by atoms with Crippen LogP contribution in [-0.4, -0.2) is 28.5 Å². The smallest absolute Gasteiger partial charge is 0.311 e. The summed E-state index contributed by atoms with van der Waals surface area (Å²) < 4.78 is 0. The molecule has 0 unspecified atom stereocenters. The fourth-order valence-electron chi connectivity index (χ4n) is 1.87. The summed E-state index contributed by atoms with van der Waals surface area (Å²) in [4.78, 5) is 28.1. The highest BCUT2D eigenvalue weighted by atomic mass is 32.1. The Morgan fingerprint density at radius 1 is 1.40 bits per heavy atom. The third-order valence-corrected chi connectivity index (χ3v) is 4.93. The Balaban J connectivity index is 2.72. The molecule has 2 N–H and O–H groups in total. The van der Waals surface area contributed by atoms with Crippen LogP contribution in [-0.2, 0) is 4.79 Å². The number of aromatic nitrogens is 1. The molecule has 1 amide bonds. The normalized spacial score (nSPS) is 11.7. The summed E-state index contributed by atoms with van der Waals surface area (Å²) in [7, 11) is 0. The maximum absolute atomic E-state index is 12.0. The average Bonchev–Trinajstić information content (AvgIpc) is 2.89. The van der Waals surface area contributed by atoms with Crippen LogP contribution in [0.2, 0.25) is 0 Å². The Labute approximate surface area is 123 Å². The Bertz CT molecular complexity index is 479. The number of carbonyl (C=O) groups is 2. The van der Waals surface area contributed by atoms with Crippen molar-refractivity contribution in [2.45, 2.75) is 46.5 Å². The Hall–Kier alpha value is -1.43. The maximum atomic E-state index is 12.0. The van der Waals surface area contributed by atoms with Crippen molar-refractivity contribution in [3.05, 3.63) is 16.1 Å².